The molecule has 42 valence electrons. The quantitative estimate of drug-likeness (QED) is 0.375. The molecule has 0 aromatic heterocycles. The number of hydrogen-bond donors (Lipinski definition) is 0. The van der Waals surface area contributed by atoms with E-state index >= 15 is 0 Å². The maximum absolute atomic E-state index is 9.49. The van der Waals surface area contributed by atoms with Crippen molar-refractivity contribution < 1.29 is 26.9 Å². The summed E-state index contributed by atoms with van der Waals surface area (Å²) >= 11 is 0. The molecule has 0 radical (unpaired) electrons. The summed E-state index contributed by atoms with van der Waals surface area (Å²) in [6.07, 6.45) is 0. The average Bonchev–Trinajstić information content (AvgIpc) is 1.36. The number of halogens is 1. The Bertz CT molecular complexity index is 75.7. The molecule has 0 aliphatic rings. The Morgan fingerprint density at radius 1 is 1.71 bits per heavy atom. The first kappa shape index (κ1) is 9.85. The van der Waals surface area contributed by atoms with E-state index in [-0.39, 0.29) is 22.6 Å². The van der Waals surface area contributed by atoms with Gasteiger partial charge in [0.2, 0.25) is 0 Å². The zero-order valence-electron chi connectivity index (χ0n) is 3.90. The van der Waals surface area contributed by atoms with Crippen molar-refractivity contribution in [3.63, 3.8) is 0 Å². The molecule has 0 aromatic carbocycles. The maximum Gasteiger partial charge on any atom is 0.0666 e. The van der Waals surface area contributed by atoms with Crippen LogP contribution in [0.1, 0.15) is 6.92 Å². The van der Waals surface area contributed by atoms with Crippen LogP contribution in [0, 0.1) is 0 Å². The van der Waals surface area contributed by atoms with Crippen molar-refractivity contribution in [3.05, 3.63) is 12.2 Å². The van der Waals surface area contributed by atoms with Gasteiger partial charge in [0.15, 0.2) is 0 Å². The first-order valence-corrected chi connectivity index (χ1v) is 1.51. The van der Waals surface area contributed by atoms with Crippen molar-refractivity contribution in [1.82, 2.24) is 0 Å². The molecule has 0 saturated carbocycles. The lowest BCUT2D eigenvalue weighted by Crippen LogP contribution is -3.00. The van der Waals surface area contributed by atoms with E-state index in [4.69, 9.17) is 0 Å². The van der Waals surface area contributed by atoms with Gasteiger partial charge in [-0.05, 0) is 12.5 Å². The number of carboxylic acid groups (broad SMARTS) is 1. The predicted octanol–water partition coefficient (Wildman–Crippen LogP) is -3.68. The van der Waals surface area contributed by atoms with Crippen LogP contribution in [-0.2, 0) is 4.79 Å². The van der Waals surface area contributed by atoms with Crippen LogP contribution in [0.5, 0.6) is 0 Å². The van der Waals surface area contributed by atoms with Crippen molar-refractivity contribution in [2.24, 2.45) is 0 Å². The first-order chi connectivity index (χ1) is 2.64. The Labute approximate surface area is 52.6 Å². The largest absolute Gasteiger partial charge is 1.00 e. The summed E-state index contributed by atoms with van der Waals surface area (Å²) in [5.74, 6) is -1.19. The molecule has 3 heteroatoms. The van der Waals surface area contributed by atoms with E-state index in [1.165, 1.54) is 6.92 Å². The van der Waals surface area contributed by atoms with Gasteiger partial charge in [0.25, 0.3) is 0 Å². The Morgan fingerprint density at radius 2 is 1.86 bits per heavy atom. The van der Waals surface area contributed by atoms with Gasteiger partial charge in [0, 0.05) is 0 Å². The summed E-state index contributed by atoms with van der Waals surface area (Å²) in [7, 11) is 0. The molecule has 7 heavy (non-hydrogen) atoms. The third kappa shape index (κ3) is 5.69. The molecule has 0 bridgehead atoms. The molecule has 0 atom stereocenters. The van der Waals surface area contributed by atoms with Crippen LogP contribution >= 0.6 is 0 Å². The van der Waals surface area contributed by atoms with Crippen LogP contribution in [0.25, 0.3) is 0 Å². The Hall–Kier alpha value is -0.310. The van der Waals surface area contributed by atoms with E-state index in [9.17, 15) is 9.90 Å². The first-order valence-electron chi connectivity index (χ1n) is 1.51. The van der Waals surface area contributed by atoms with Crippen molar-refractivity contribution in [2.75, 3.05) is 0 Å². The number of carboxylic acids is 1. The Morgan fingerprint density at radius 3 is 1.86 bits per heavy atom. The topological polar surface area (TPSA) is 40.1 Å². The monoisotopic (exact) mass is 164 g/mol. The number of rotatable bonds is 1. The van der Waals surface area contributed by atoms with Crippen LogP contribution in [0.3, 0.4) is 0 Å². The van der Waals surface area contributed by atoms with Gasteiger partial charge in [0.05, 0.1) is 5.97 Å². The van der Waals surface area contributed by atoms with Crippen molar-refractivity contribution in [1.29, 1.82) is 0 Å². The molecule has 0 amide bonds. The number of carbonyl (C=O) groups excluding carboxylic acids is 1. The molecule has 0 fully saturated rings. The van der Waals surface area contributed by atoms with Crippen molar-refractivity contribution >= 4 is 5.97 Å². The van der Waals surface area contributed by atoms with Gasteiger partial charge in [-0.15, -0.1) is 0 Å². The van der Waals surface area contributed by atoms with E-state index < -0.39 is 5.97 Å². The highest BCUT2D eigenvalue weighted by Crippen LogP contribution is 1.77. The molecule has 0 rings (SSSR count). The zero-order chi connectivity index (χ0) is 5.15. The third-order valence-electron chi connectivity index (χ3n) is 0.348. The van der Waals surface area contributed by atoms with Crippen LogP contribution in [0.2, 0.25) is 0 Å². The number of aliphatic carboxylic acids is 1. The smallest absolute Gasteiger partial charge is 0.0666 e. The molecule has 0 aromatic rings. The fourth-order valence-electron chi connectivity index (χ4n) is 0. The highest BCUT2D eigenvalue weighted by atomic mass is 79.9. The van der Waals surface area contributed by atoms with Gasteiger partial charge in [-0.2, -0.15) is 0 Å². The van der Waals surface area contributed by atoms with Gasteiger partial charge in [-0.25, -0.2) is 0 Å². The lowest BCUT2D eigenvalue weighted by molar-refractivity contribution is -0.299. The van der Waals surface area contributed by atoms with Crippen LogP contribution < -0.4 is 22.1 Å². The molecule has 0 aliphatic heterocycles. The van der Waals surface area contributed by atoms with Crippen molar-refractivity contribution in [3.8, 4) is 0 Å². The summed E-state index contributed by atoms with van der Waals surface area (Å²) in [6, 6.07) is 0. The number of hydrogen-bond acceptors (Lipinski definition) is 2. The standard InChI is InChI=1S/C4H6O2.BrH/c1-3(2)4(5)6;/h1H2,2H3,(H,5,6);1H/p-2. The molecule has 0 heterocycles. The van der Waals surface area contributed by atoms with Crippen LogP contribution in [0.4, 0.5) is 0 Å². The highest BCUT2D eigenvalue weighted by Gasteiger charge is 1.76. The molecule has 0 N–H and O–H groups in total. The van der Waals surface area contributed by atoms with Gasteiger partial charge < -0.3 is 26.9 Å². The van der Waals surface area contributed by atoms with Crippen LogP contribution in [-0.4, -0.2) is 5.97 Å². The Kier molecular flexibility index (Phi) is 5.44. The van der Waals surface area contributed by atoms with E-state index in [0.29, 0.717) is 0 Å². The van der Waals surface area contributed by atoms with Gasteiger partial charge in [-0.1, -0.05) is 6.58 Å². The Balaban J connectivity index is 0. The van der Waals surface area contributed by atoms with Gasteiger partial charge >= 0.3 is 0 Å². The summed E-state index contributed by atoms with van der Waals surface area (Å²) in [4.78, 5) is 9.49. The van der Waals surface area contributed by atoms with Crippen LogP contribution in [0.15, 0.2) is 12.2 Å². The fourth-order valence-corrected chi connectivity index (χ4v) is 0. The molecule has 0 aliphatic carbocycles. The summed E-state index contributed by atoms with van der Waals surface area (Å²) in [5, 5.41) is 9.49. The second-order valence-corrected chi connectivity index (χ2v) is 1.07. The SMILES string of the molecule is C=C(C)C(=O)[O-].[Br-]. The molecular formula is C4H5BrO2-2. The second-order valence-electron chi connectivity index (χ2n) is 1.07. The summed E-state index contributed by atoms with van der Waals surface area (Å²) < 4.78 is 0. The summed E-state index contributed by atoms with van der Waals surface area (Å²) in [6.45, 7) is 4.48. The van der Waals surface area contributed by atoms with E-state index in [2.05, 4.69) is 6.58 Å². The minimum absolute atomic E-state index is 0. The predicted molar refractivity (Wildman–Crippen MR) is 19.8 cm³/mol. The molecule has 0 spiro atoms. The molecule has 0 saturated heterocycles. The minimum Gasteiger partial charge on any atom is -1.00 e. The summed E-state index contributed by atoms with van der Waals surface area (Å²) in [5.41, 5.74) is 0.0648. The lowest BCUT2D eigenvalue weighted by Gasteiger charge is -1.93. The highest BCUT2D eigenvalue weighted by molar-refractivity contribution is 5.82. The van der Waals surface area contributed by atoms with E-state index in [1.807, 2.05) is 0 Å². The normalized spacial score (nSPS) is 6.43. The number of carbonyl (C=O) groups is 1. The minimum atomic E-state index is -1.19. The maximum atomic E-state index is 9.49. The van der Waals surface area contributed by atoms with Gasteiger partial charge in [-0.3, -0.25) is 0 Å². The molecular weight excluding hydrogens is 160 g/mol. The van der Waals surface area contributed by atoms with Gasteiger partial charge in [0.1, 0.15) is 0 Å². The lowest BCUT2D eigenvalue weighted by atomic mass is 10.4. The average molecular weight is 165 g/mol. The zero-order valence-corrected chi connectivity index (χ0v) is 5.49. The van der Waals surface area contributed by atoms with E-state index in [0.717, 1.165) is 0 Å². The second kappa shape index (κ2) is 3.87. The molecule has 2 nitrogen and oxygen atoms in total. The third-order valence-corrected chi connectivity index (χ3v) is 0.348. The fraction of sp³-hybridized carbons (Fsp3) is 0.250. The molecule has 0 unspecified atom stereocenters. The van der Waals surface area contributed by atoms with E-state index in [1.54, 1.807) is 0 Å². The van der Waals surface area contributed by atoms with Crippen molar-refractivity contribution in [2.45, 2.75) is 6.92 Å².